The number of rotatable bonds is 2. The molecule has 0 aliphatic rings. The van der Waals surface area contributed by atoms with Crippen LogP contribution in [0.4, 0.5) is 0 Å². The maximum absolute atomic E-state index is 3.22. The molecule has 0 radical (unpaired) electrons. The molecule has 0 aliphatic carbocycles. The maximum atomic E-state index is 3.22. The molecular formula is C17H14S. The van der Waals surface area contributed by atoms with Crippen molar-refractivity contribution in [1.82, 2.24) is 0 Å². The monoisotopic (exact) mass is 250 g/mol. The predicted octanol–water partition coefficient (Wildman–Crippen LogP) is 3.91. The molecule has 0 fully saturated rings. The molecule has 0 unspecified atom stereocenters. The predicted molar refractivity (Wildman–Crippen MR) is 78.5 cm³/mol. The van der Waals surface area contributed by atoms with Crippen LogP contribution in [0.5, 0.6) is 0 Å². The fourth-order valence-corrected chi connectivity index (χ4v) is 2.43. The molecule has 2 aromatic rings. The van der Waals surface area contributed by atoms with Crippen molar-refractivity contribution in [2.24, 2.45) is 0 Å². The van der Waals surface area contributed by atoms with Gasteiger partial charge in [-0.15, -0.1) is 17.3 Å². The Morgan fingerprint density at radius 2 is 1.72 bits per heavy atom. The van der Waals surface area contributed by atoms with E-state index in [0.717, 1.165) is 17.7 Å². The molecule has 0 bridgehead atoms. The Balaban J connectivity index is 1.89. The Bertz CT molecular complexity index is 612. The molecule has 1 heterocycles. The summed E-state index contributed by atoms with van der Waals surface area (Å²) in [4.78, 5) is 2.41. The summed E-state index contributed by atoms with van der Waals surface area (Å²) < 4.78 is 0. The number of hydrogen-bond acceptors (Lipinski definition) is 1. The van der Waals surface area contributed by atoms with Crippen LogP contribution in [0.2, 0.25) is 0 Å². The van der Waals surface area contributed by atoms with Crippen molar-refractivity contribution >= 4 is 11.3 Å². The second-order valence-corrected chi connectivity index (χ2v) is 5.00. The van der Waals surface area contributed by atoms with Crippen LogP contribution in [0.1, 0.15) is 22.2 Å². The summed E-state index contributed by atoms with van der Waals surface area (Å²) >= 11 is 1.73. The molecule has 18 heavy (non-hydrogen) atoms. The summed E-state index contributed by atoms with van der Waals surface area (Å²) in [7, 11) is 0. The minimum atomic E-state index is 0.822. The minimum absolute atomic E-state index is 0.822. The fourth-order valence-electron chi connectivity index (χ4n) is 1.57. The highest BCUT2D eigenvalue weighted by Crippen LogP contribution is 2.15. The van der Waals surface area contributed by atoms with E-state index in [4.69, 9.17) is 0 Å². The number of hydrogen-bond donors (Lipinski definition) is 0. The lowest BCUT2D eigenvalue weighted by atomic mass is 10.1. The molecule has 1 aromatic heterocycles. The van der Waals surface area contributed by atoms with E-state index in [1.165, 1.54) is 10.4 Å². The Kier molecular flexibility index (Phi) is 4.65. The third kappa shape index (κ3) is 3.81. The molecule has 1 aromatic carbocycles. The summed E-state index contributed by atoms with van der Waals surface area (Å²) in [5, 5.41) is 0. The van der Waals surface area contributed by atoms with Gasteiger partial charge in [0.15, 0.2) is 0 Å². The lowest BCUT2D eigenvalue weighted by Gasteiger charge is -1.91. The van der Waals surface area contributed by atoms with Gasteiger partial charge >= 0.3 is 0 Å². The van der Waals surface area contributed by atoms with E-state index in [0.29, 0.717) is 0 Å². The van der Waals surface area contributed by atoms with Gasteiger partial charge in [-0.05, 0) is 24.6 Å². The summed E-state index contributed by atoms with van der Waals surface area (Å²) in [6.07, 6.45) is 1.65. The standard InChI is InChI=1S/C17H14S/c1-2-8-16-13-14-17(18-16)12-7-6-11-15-9-4-3-5-10-15/h3-5,9-10,13-14H,11-12H2,1H3. The lowest BCUT2D eigenvalue weighted by molar-refractivity contribution is 1.30. The molecule has 0 saturated carbocycles. The zero-order valence-electron chi connectivity index (χ0n) is 10.4. The van der Waals surface area contributed by atoms with Gasteiger partial charge in [0.2, 0.25) is 0 Å². The molecule has 0 amide bonds. The van der Waals surface area contributed by atoms with E-state index < -0.39 is 0 Å². The lowest BCUT2D eigenvalue weighted by Crippen LogP contribution is -1.80. The van der Waals surface area contributed by atoms with Crippen molar-refractivity contribution in [3.63, 3.8) is 0 Å². The van der Waals surface area contributed by atoms with Gasteiger partial charge < -0.3 is 0 Å². The van der Waals surface area contributed by atoms with E-state index >= 15 is 0 Å². The SMILES string of the molecule is CC#Cc1ccc(CC#CCc2ccccc2)s1. The first-order valence-electron chi connectivity index (χ1n) is 5.89. The first kappa shape index (κ1) is 12.5. The van der Waals surface area contributed by atoms with Gasteiger partial charge in [0.1, 0.15) is 0 Å². The van der Waals surface area contributed by atoms with Gasteiger partial charge in [0.05, 0.1) is 4.88 Å². The van der Waals surface area contributed by atoms with Crippen molar-refractivity contribution < 1.29 is 0 Å². The van der Waals surface area contributed by atoms with Crippen LogP contribution in [0.25, 0.3) is 0 Å². The first-order chi connectivity index (χ1) is 8.88. The Hall–Kier alpha value is -1.96. The highest BCUT2D eigenvalue weighted by molar-refractivity contribution is 7.12. The van der Waals surface area contributed by atoms with Crippen LogP contribution in [-0.2, 0) is 12.8 Å². The van der Waals surface area contributed by atoms with E-state index in [9.17, 15) is 0 Å². The van der Waals surface area contributed by atoms with Crippen molar-refractivity contribution in [1.29, 1.82) is 0 Å². The van der Waals surface area contributed by atoms with Crippen molar-refractivity contribution in [3.05, 3.63) is 57.8 Å². The normalized spacial score (nSPS) is 8.94. The van der Waals surface area contributed by atoms with Crippen LogP contribution in [0.3, 0.4) is 0 Å². The van der Waals surface area contributed by atoms with Crippen molar-refractivity contribution in [2.75, 3.05) is 0 Å². The average Bonchev–Trinajstić information content (AvgIpc) is 2.84. The topological polar surface area (TPSA) is 0 Å². The summed E-state index contributed by atoms with van der Waals surface area (Å²) in [6.45, 7) is 1.86. The number of thiophene rings is 1. The average molecular weight is 250 g/mol. The Morgan fingerprint density at radius 3 is 2.50 bits per heavy atom. The molecular weight excluding hydrogens is 236 g/mol. The van der Waals surface area contributed by atoms with E-state index in [1.807, 2.05) is 25.1 Å². The van der Waals surface area contributed by atoms with Gasteiger partial charge in [-0.3, -0.25) is 0 Å². The summed E-state index contributed by atoms with van der Waals surface area (Å²) in [5.74, 6) is 12.4. The highest BCUT2D eigenvalue weighted by Gasteiger charge is 1.95. The largest absolute Gasteiger partial charge is 0.131 e. The van der Waals surface area contributed by atoms with E-state index in [1.54, 1.807) is 11.3 Å². The van der Waals surface area contributed by atoms with Gasteiger partial charge in [-0.25, -0.2) is 0 Å². The highest BCUT2D eigenvalue weighted by atomic mass is 32.1. The summed E-state index contributed by atoms with van der Waals surface area (Å²) in [6, 6.07) is 14.5. The molecule has 0 spiro atoms. The Labute approximate surface area is 113 Å². The zero-order chi connectivity index (χ0) is 12.6. The Morgan fingerprint density at radius 1 is 0.944 bits per heavy atom. The van der Waals surface area contributed by atoms with Crippen LogP contribution in [-0.4, -0.2) is 0 Å². The van der Waals surface area contributed by atoms with Crippen LogP contribution in [0.15, 0.2) is 42.5 Å². The number of benzene rings is 1. The molecule has 88 valence electrons. The molecule has 0 nitrogen and oxygen atoms in total. The molecule has 0 atom stereocenters. The minimum Gasteiger partial charge on any atom is -0.131 e. The molecule has 0 saturated heterocycles. The molecule has 0 N–H and O–H groups in total. The van der Waals surface area contributed by atoms with Crippen molar-refractivity contribution in [3.8, 4) is 23.7 Å². The van der Waals surface area contributed by atoms with E-state index in [-0.39, 0.29) is 0 Å². The fraction of sp³-hybridized carbons (Fsp3) is 0.176. The quantitative estimate of drug-likeness (QED) is 0.709. The smallest absolute Gasteiger partial charge is 0.0771 e. The van der Waals surface area contributed by atoms with Gasteiger partial charge in [-0.1, -0.05) is 48.1 Å². The molecule has 1 heteroatoms. The first-order valence-corrected chi connectivity index (χ1v) is 6.71. The van der Waals surface area contributed by atoms with Crippen LogP contribution >= 0.6 is 11.3 Å². The second kappa shape index (κ2) is 6.70. The van der Waals surface area contributed by atoms with Gasteiger partial charge in [0.25, 0.3) is 0 Å². The van der Waals surface area contributed by atoms with Crippen LogP contribution < -0.4 is 0 Å². The van der Waals surface area contributed by atoms with Gasteiger partial charge in [0, 0.05) is 17.7 Å². The molecule has 2 rings (SSSR count). The van der Waals surface area contributed by atoms with E-state index in [2.05, 4.69) is 47.9 Å². The summed E-state index contributed by atoms with van der Waals surface area (Å²) in [5.41, 5.74) is 1.27. The molecule has 0 aliphatic heterocycles. The maximum Gasteiger partial charge on any atom is 0.0771 e. The van der Waals surface area contributed by atoms with Crippen LogP contribution in [0, 0.1) is 23.7 Å². The third-order valence-electron chi connectivity index (χ3n) is 2.43. The van der Waals surface area contributed by atoms with Gasteiger partial charge in [-0.2, -0.15) is 0 Å². The second-order valence-electron chi connectivity index (χ2n) is 3.83. The zero-order valence-corrected chi connectivity index (χ0v) is 11.2. The van der Waals surface area contributed by atoms with Crippen molar-refractivity contribution in [2.45, 2.75) is 19.8 Å². The third-order valence-corrected chi connectivity index (χ3v) is 3.43.